The number of hydrogen-bond acceptors (Lipinski definition) is 4. The molecule has 0 atom stereocenters. The number of isocyanates is 1. The van der Waals surface area contributed by atoms with Crippen molar-refractivity contribution in [2.75, 3.05) is 13.7 Å². The topological polar surface area (TPSA) is 47.9 Å². The van der Waals surface area contributed by atoms with Crippen LogP contribution >= 0.6 is 0 Å². The molecule has 1 rings (SSSR count). The first-order valence-electron chi connectivity index (χ1n) is 4.20. The van der Waals surface area contributed by atoms with E-state index in [0.717, 1.165) is 0 Å². The van der Waals surface area contributed by atoms with Gasteiger partial charge in [-0.2, -0.15) is 4.99 Å². The van der Waals surface area contributed by atoms with Crippen LogP contribution in [0.5, 0.6) is 11.5 Å². The summed E-state index contributed by atoms with van der Waals surface area (Å²) in [4.78, 5) is 13.5. The summed E-state index contributed by atoms with van der Waals surface area (Å²) < 4.78 is 10.4. The van der Waals surface area contributed by atoms with E-state index in [1.54, 1.807) is 25.3 Å². The molecule has 1 aromatic rings. The summed E-state index contributed by atoms with van der Waals surface area (Å²) in [5.74, 6) is 1.20. The molecule has 0 N–H and O–H groups in total. The molecular formula is C10H11NO3. The zero-order valence-electron chi connectivity index (χ0n) is 8.11. The largest absolute Gasteiger partial charge is 0.493 e. The lowest BCUT2D eigenvalue weighted by atomic mass is 10.3. The molecule has 0 aliphatic carbocycles. The SMILES string of the molecule is CCOc1cc(N=C=O)ccc1OC. The van der Waals surface area contributed by atoms with Crippen LogP contribution in [0.1, 0.15) is 6.92 Å². The Morgan fingerprint density at radius 2 is 2.21 bits per heavy atom. The van der Waals surface area contributed by atoms with Crippen LogP contribution in [0.2, 0.25) is 0 Å². The maximum atomic E-state index is 10.0. The van der Waals surface area contributed by atoms with E-state index in [2.05, 4.69) is 4.99 Å². The van der Waals surface area contributed by atoms with Gasteiger partial charge in [0, 0.05) is 6.07 Å². The van der Waals surface area contributed by atoms with E-state index < -0.39 is 0 Å². The molecule has 0 amide bonds. The Kier molecular flexibility index (Phi) is 3.70. The molecule has 4 heteroatoms. The lowest BCUT2D eigenvalue weighted by Gasteiger charge is -2.08. The highest BCUT2D eigenvalue weighted by Gasteiger charge is 2.04. The first-order chi connectivity index (χ1) is 6.81. The highest BCUT2D eigenvalue weighted by atomic mass is 16.5. The highest BCUT2D eigenvalue weighted by molar-refractivity contribution is 5.55. The van der Waals surface area contributed by atoms with Gasteiger partial charge < -0.3 is 9.47 Å². The summed E-state index contributed by atoms with van der Waals surface area (Å²) in [6, 6.07) is 4.99. The van der Waals surface area contributed by atoms with Crippen LogP contribution in [0, 0.1) is 0 Å². The third-order valence-electron chi connectivity index (χ3n) is 1.62. The Morgan fingerprint density at radius 3 is 2.79 bits per heavy atom. The lowest BCUT2D eigenvalue weighted by Crippen LogP contribution is -1.94. The van der Waals surface area contributed by atoms with Gasteiger partial charge in [0.05, 0.1) is 19.4 Å². The summed E-state index contributed by atoms with van der Waals surface area (Å²) in [5.41, 5.74) is 0.504. The van der Waals surface area contributed by atoms with Crippen LogP contribution in [0.3, 0.4) is 0 Å². The Morgan fingerprint density at radius 1 is 1.43 bits per heavy atom. The minimum Gasteiger partial charge on any atom is -0.493 e. The van der Waals surface area contributed by atoms with Crippen molar-refractivity contribution in [3.63, 3.8) is 0 Å². The van der Waals surface area contributed by atoms with Crippen molar-refractivity contribution in [2.45, 2.75) is 6.92 Å². The third-order valence-corrected chi connectivity index (χ3v) is 1.62. The second-order valence-electron chi connectivity index (χ2n) is 2.47. The summed E-state index contributed by atoms with van der Waals surface area (Å²) >= 11 is 0. The molecule has 0 spiro atoms. The van der Waals surface area contributed by atoms with E-state index in [9.17, 15) is 4.79 Å². The quantitative estimate of drug-likeness (QED) is 0.543. The predicted octanol–water partition coefficient (Wildman–Crippen LogP) is 2.06. The third kappa shape index (κ3) is 2.34. The minimum absolute atomic E-state index is 0.504. The van der Waals surface area contributed by atoms with Crippen LogP contribution in [0.25, 0.3) is 0 Å². The molecule has 0 unspecified atom stereocenters. The van der Waals surface area contributed by atoms with Crippen LogP contribution in [-0.2, 0) is 4.79 Å². The molecule has 14 heavy (non-hydrogen) atoms. The van der Waals surface area contributed by atoms with Gasteiger partial charge in [0.25, 0.3) is 0 Å². The van der Waals surface area contributed by atoms with Crippen molar-refractivity contribution in [3.8, 4) is 11.5 Å². The Labute approximate surface area is 82.2 Å². The minimum atomic E-state index is 0.504. The van der Waals surface area contributed by atoms with Crippen molar-refractivity contribution in [1.29, 1.82) is 0 Å². The molecule has 0 aliphatic heterocycles. The summed E-state index contributed by atoms with van der Waals surface area (Å²) in [5, 5.41) is 0. The van der Waals surface area contributed by atoms with Crippen LogP contribution < -0.4 is 9.47 Å². The van der Waals surface area contributed by atoms with Crippen molar-refractivity contribution >= 4 is 11.8 Å². The molecule has 0 saturated heterocycles. The number of ether oxygens (including phenoxy) is 2. The average Bonchev–Trinajstić information content (AvgIpc) is 2.19. The molecule has 4 nitrogen and oxygen atoms in total. The molecule has 0 radical (unpaired) electrons. The standard InChI is InChI=1S/C10H11NO3/c1-3-14-10-6-8(11-7-12)4-5-9(10)13-2/h4-6H,3H2,1-2H3. The fraction of sp³-hybridized carbons (Fsp3) is 0.300. The van der Waals surface area contributed by atoms with E-state index >= 15 is 0 Å². The Hall–Kier alpha value is -1.80. The van der Waals surface area contributed by atoms with Crippen LogP contribution in [0.15, 0.2) is 23.2 Å². The van der Waals surface area contributed by atoms with Gasteiger partial charge in [0.1, 0.15) is 0 Å². The fourth-order valence-electron chi connectivity index (χ4n) is 1.06. The van der Waals surface area contributed by atoms with Gasteiger partial charge in [-0.1, -0.05) is 0 Å². The molecule has 0 bridgehead atoms. The number of rotatable bonds is 4. The average molecular weight is 193 g/mol. The number of methoxy groups -OCH3 is 1. The maximum Gasteiger partial charge on any atom is 0.240 e. The first-order valence-corrected chi connectivity index (χ1v) is 4.20. The van der Waals surface area contributed by atoms with Crippen LogP contribution in [0.4, 0.5) is 5.69 Å². The summed E-state index contributed by atoms with van der Waals surface area (Å²) in [7, 11) is 1.56. The maximum absolute atomic E-state index is 10.0. The zero-order valence-corrected chi connectivity index (χ0v) is 8.11. The molecule has 0 aliphatic rings. The van der Waals surface area contributed by atoms with Crippen molar-refractivity contribution in [3.05, 3.63) is 18.2 Å². The van der Waals surface area contributed by atoms with E-state index in [1.807, 2.05) is 6.92 Å². The molecule has 1 aromatic carbocycles. The van der Waals surface area contributed by atoms with Gasteiger partial charge in [-0.25, -0.2) is 4.79 Å². The summed E-state index contributed by atoms with van der Waals surface area (Å²) in [6.45, 7) is 2.40. The number of hydrogen-bond donors (Lipinski definition) is 0. The van der Waals surface area contributed by atoms with Gasteiger partial charge in [-0.3, -0.25) is 0 Å². The number of benzene rings is 1. The van der Waals surface area contributed by atoms with Crippen LogP contribution in [-0.4, -0.2) is 19.8 Å². The number of nitrogens with zero attached hydrogens (tertiary/aromatic N) is 1. The van der Waals surface area contributed by atoms with Gasteiger partial charge in [-0.05, 0) is 19.1 Å². The fourth-order valence-corrected chi connectivity index (χ4v) is 1.06. The van der Waals surface area contributed by atoms with Gasteiger partial charge in [0.15, 0.2) is 11.5 Å². The summed E-state index contributed by atoms with van der Waals surface area (Å²) in [6.07, 6.45) is 1.47. The Bertz CT molecular complexity index is 356. The monoisotopic (exact) mass is 193 g/mol. The first kappa shape index (κ1) is 10.3. The number of aliphatic imine (C=N–C) groups is 1. The molecular weight excluding hydrogens is 182 g/mol. The van der Waals surface area contributed by atoms with Gasteiger partial charge in [0.2, 0.25) is 6.08 Å². The van der Waals surface area contributed by atoms with E-state index in [4.69, 9.17) is 9.47 Å². The smallest absolute Gasteiger partial charge is 0.240 e. The second-order valence-corrected chi connectivity index (χ2v) is 2.47. The van der Waals surface area contributed by atoms with E-state index in [0.29, 0.717) is 23.8 Å². The van der Waals surface area contributed by atoms with Gasteiger partial charge in [-0.15, -0.1) is 0 Å². The van der Waals surface area contributed by atoms with E-state index in [-0.39, 0.29) is 0 Å². The predicted molar refractivity (Wildman–Crippen MR) is 51.9 cm³/mol. The van der Waals surface area contributed by atoms with E-state index in [1.165, 1.54) is 6.08 Å². The van der Waals surface area contributed by atoms with Crippen molar-refractivity contribution < 1.29 is 14.3 Å². The molecule has 0 saturated carbocycles. The van der Waals surface area contributed by atoms with Crippen molar-refractivity contribution in [1.82, 2.24) is 0 Å². The lowest BCUT2D eigenvalue weighted by molar-refractivity contribution is 0.311. The molecule has 0 fully saturated rings. The molecule has 0 heterocycles. The normalized spacial score (nSPS) is 9.00. The molecule has 74 valence electrons. The molecule has 0 aromatic heterocycles. The van der Waals surface area contributed by atoms with Crippen molar-refractivity contribution in [2.24, 2.45) is 4.99 Å². The number of carbonyl (C=O) groups excluding carboxylic acids is 1. The Balaban J connectivity index is 3.06. The van der Waals surface area contributed by atoms with Gasteiger partial charge >= 0.3 is 0 Å². The second kappa shape index (κ2) is 5.04. The highest BCUT2D eigenvalue weighted by Crippen LogP contribution is 2.31. The zero-order chi connectivity index (χ0) is 10.4.